The molecule has 0 saturated heterocycles. The third-order valence-corrected chi connectivity index (χ3v) is 3.08. The summed E-state index contributed by atoms with van der Waals surface area (Å²) in [7, 11) is 0. The van der Waals surface area contributed by atoms with Crippen LogP contribution in [0.4, 0.5) is 0 Å². The molecule has 0 aromatic rings. The van der Waals surface area contributed by atoms with Crippen LogP contribution in [0, 0.1) is 0 Å². The first-order chi connectivity index (χ1) is 12.3. The van der Waals surface area contributed by atoms with Crippen LogP contribution in [0.3, 0.4) is 0 Å². The smallest absolute Gasteiger partial charge is 0.152 e. The lowest BCUT2D eigenvalue weighted by Crippen LogP contribution is -2.15. The van der Waals surface area contributed by atoms with E-state index >= 15 is 0 Å². The Hall–Kier alpha value is -1.30. The first-order valence-corrected chi connectivity index (χ1v) is 9.59. The highest BCUT2D eigenvalue weighted by Gasteiger charge is 1.93. The zero-order chi connectivity index (χ0) is 20.6. The SMILES string of the molecule is CCCCCC=CC(C)=O.CCCCCC=CC(C)=O.OCC(O)CO. The molecule has 0 heterocycles. The normalized spacial score (nSPS) is 10.5. The molecule has 0 aromatic carbocycles. The number of aliphatic hydroxyl groups is 3. The number of ketones is 2. The van der Waals surface area contributed by atoms with Crippen molar-refractivity contribution in [2.75, 3.05) is 13.2 Å². The summed E-state index contributed by atoms with van der Waals surface area (Å²) in [6.07, 6.45) is 15.8. The number of carbonyl (C=O) groups excluding carboxylic acids is 2. The van der Waals surface area contributed by atoms with E-state index in [9.17, 15) is 9.59 Å². The molecule has 0 bridgehead atoms. The number of hydrogen-bond donors (Lipinski definition) is 3. The molecule has 0 saturated carbocycles. The lowest BCUT2D eigenvalue weighted by Gasteiger charge is -1.96. The number of allylic oxidation sites excluding steroid dienone is 4. The minimum Gasteiger partial charge on any atom is -0.394 e. The standard InChI is InChI=1S/2C9H16O.C3H8O3/c2*1-3-4-5-6-7-8-9(2)10;4-1-3(6)2-5/h2*7-8H,3-6H2,1-2H3;3-6H,1-2H2. The molecule has 0 aromatic heterocycles. The maximum absolute atomic E-state index is 10.4. The fourth-order valence-corrected chi connectivity index (χ4v) is 1.58. The van der Waals surface area contributed by atoms with E-state index in [1.165, 1.54) is 38.5 Å². The van der Waals surface area contributed by atoms with Crippen LogP contribution in [-0.4, -0.2) is 46.2 Å². The van der Waals surface area contributed by atoms with Crippen molar-refractivity contribution in [3.63, 3.8) is 0 Å². The summed E-state index contributed by atoms with van der Waals surface area (Å²) in [5.41, 5.74) is 0. The Morgan fingerprint density at radius 3 is 1.31 bits per heavy atom. The van der Waals surface area contributed by atoms with Gasteiger partial charge in [0.05, 0.1) is 13.2 Å². The maximum Gasteiger partial charge on any atom is 0.152 e. The van der Waals surface area contributed by atoms with Gasteiger partial charge >= 0.3 is 0 Å². The van der Waals surface area contributed by atoms with Gasteiger partial charge in [0, 0.05) is 0 Å². The predicted molar refractivity (Wildman–Crippen MR) is 108 cm³/mol. The molecule has 0 unspecified atom stereocenters. The summed E-state index contributed by atoms with van der Waals surface area (Å²) in [6.45, 7) is 6.78. The highest BCUT2D eigenvalue weighted by molar-refractivity contribution is 5.87. The van der Waals surface area contributed by atoms with Gasteiger partial charge in [0.25, 0.3) is 0 Å². The Kier molecular flexibility index (Phi) is 29.4. The summed E-state index contributed by atoms with van der Waals surface area (Å²) in [6, 6.07) is 0. The molecule has 3 N–H and O–H groups in total. The quantitative estimate of drug-likeness (QED) is 0.358. The second-order valence-corrected chi connectivity index (χ2v) is 6.04. The lowest BCUT2D eigenvalue weighted by atomic mass is 10.2. The second kappa shape index (κ2) is 25.9. The van der Waals surface area contributed by atoms with E-state index in [1.807, 2.05) is 12.2 Å². The zero-order valence-corrected chi connectivity index (χ0v) is 17.1. The van der Waals surface area contributed by atoms with Crippen molar-refractivity contribution in [2.45, 2.75) is 85.2 Å². The molecule has 0 fully saturated rings. The molecule has 154 valence electrons. The molecule has 0 amide bonds. The molecule has 5 heteroatoms. The number of unbranched alkanes of at least 4 members (excludes halogenated alkanes) is 6. The molecule has 0 spiro atoms. The maximum atomic E-state index is 10.4. The van der Waals surface area contributed by atoms with Crippen LogP contribution in [0.25, 0.3) is 0 Å². The van der Waals surface area contributed by atoms with Crippen LogP contribution in [-0.2, 0) is 9.59 Å². The van der Waals surface area contributed by atoms with Crippen molar-refractivity contribution in [1.29, 1.82) is 0 Å². The van der Waals surface area contributed by atoms with E-state index < -0.39 is 6.10 Å². The largest absolute Gasteiger partial charge is 0.394 e. The molecular weight excluding hydrogens is 332 g/mol. The Balaban J connectivity index is -0.000000316. The average molecular weight is 373 g/mol. The molecule has 0 rings (SSSR count). The summed E-state index contributed by atoms with van der Waals surface area (Å²) in [5.74, 6) is 0.299. The van der Waals surface area contributed by atoms with E-state index in [1.54, 1.807) is 26.0 Å². The van der Waals surface area contributed by atoms with Gasteiger partial charge in [-0.1, -0.05) is 51.7 Å². The van der Waals surface area contributed by atoms with Gasteiger partial charge in [-0.25, -0.2) is 0 Å². The third kappa shape index (κ3) is 38.3. The highest BCUT2D eigenvalue weighted by atomic mass is 16.3. The van der Waals surface area contributed by atoms with Gasteiger partial charge in [-0.15, -0.1) is 0 Å². The van der Waals surface area contributed by atoms with Crippen LogP contribution < -0.4 is 0 Å². The van der Waals surface area contributed by atoms with Gasteiger partial charge in [0.2, 0.25) is 0 Å². The van der Waals surface area contributed by atoms with Crippen molar-refractivity contribution < 1.29 is 24.9 Å². The first-order valence-electron chi connectivity index (χ1n) is 9.59. The van der Waals surface area contributed by atoms with E-state index in [-0.39, 0.29) is 24.8 Å². The topological polar surface area (TPSA) is 94.8 Å². The molecule has 26 heavy (non-hydrogen) atoms. The van der Waals surface area contributed by atoms with E-state index in [2.05, 4.69) is 13.8 Å². The molecule has 5 nitrogen and oxygen atoms in total. The molecule has 0 aliphatic rings. The van der Waals surface area contributed by atoms with Crippen molar-refractivity contribution in [3.8, 4) is 0 Å². The monoisotopic (exact) mass is 372 g/mol. The first kappa shape index (κ1) is 29.5. The van der Waals surface area contributed by atoms with Crippen LogP contribution in [0.5, 0.6) is 0 Å². The minimum absolute atomic E-state index is 0.150. The molecule has 0 aliphatic carbocycles. The van der Waals surface area contributed by atoms with Gasteiger partial charge in [-0.2, -0.15) is 0 Å². The second-order valence-electron chi connectivity index (χ2n) is 6.04. The van der Waals surface area contributed by atoms with Crippen molar-refractivity contribution in [2.24, 2.45) is 0 Å². The fraction of sp³-hybridized carbons (Fsp3) is 0.714. The van der Waals surface area contributed by atoms with Crippen LogP contribution in [0.1, 0.15) is 79.1 Å². The van der Waals surface area contributed by atoms with Crippen LogP contribution in [0.15, 0.2) is 24.3 Å². The minimum atomic E-state index is -0.954. The Bertz CT molecular complexity index is 327. The van der Waals surface area contributed by atoms with Crippen molar-refractivity contribution >= 4 is 11.6 Å². The third-order valence-electron chi connectivity index (χ3n) is 3.08. The number of carbonyl (C=O) groups is 2. The highest BCUT2D eigenvalue weighted by Crippen LogP contribution is 1.99. The zero-order valence-electron chi connectivity index (χ0n) is 17.1. The lowest BCUT2D eigenvalue weighted by molar-refractivity contribution is -0.113. The van der Waals surface area contributed by atoms with Crippen LogP contribution in [0.2, 0.25) is 0 Å². The summed E-state index contributed by atoms with van der Waals surface area (Å²) >= 11 is 0. The fourth-order valence-electron chi connectivity index (χ4n) is 1.58. The number of rotatable bonds is 12. The van der Waals surface area contributed by atoms with Gasteiger partial charge in [-0.3, -0.25) is 9.59 Å². The van der Waals surface area contributed by atoms with Gasteiger partial charge in [0.15, 0.2) is 11.6 Å². The summed E-state index contributed by atoms with van der Waals surface area (Å²) < 4.78 is 0. The Morgan fingerprint density at radius 2 is 1.12 bits per heavy atom. The van der Waals surface area contributed by atoms with Gasteiger partial charge in [-0.05, 0) is 51.7 Å². The van der Waals surface area contributed by atoms with E-state index in [4.69, 9.17) is 15.3 Å². The molecule has 0 radical (unpaired) electrons. The molecule has 0 aliphatic heterocycles. The van der Waals surface area contributed by atoms with Crippen molar-refractivity contribution in [1.82, 2.24) is 0 Å². The summed E-state index contributed by atoms with van der Waals surface area (Å²) in [5, 5.41) is 24.0. The molecular formula is C21H40O5. The number of hydrogen-bond acceptors (Lipinski definition) is 5. The predicted octanol–water partition coefficient (Wildman–Crippen LogP) is 3.76. The van der Waals surface area contributed by atoms with E-state index in [0.29, 0.717) is 0 Å². The van der Waals surface area contributed by atoms with Crippen molar-refractivity contribution in [3.05, 3.63) is 24.3 Å². The van der Waals surface area contributed by atoms with Gasteiger partial charge in [0.1, 0.15) is 6.10 Å². The molecule has 0 atom stereocenters. The van der Waals surface area contributed by atoms with Crippen LogP contribution >= 0.6 is 0 Å². The summed E-state index contributed by atoms with van der Waals surface area (Å²) in [4.78, 5) is 20.8. The number of aliphatic hydroxyl groups excluding tert-OH is 3. The Labute approximate surface area is 159 Å². The Morgan fingerprint density at radius 1 is 0.769 bits per heavy atom. The average Bonchev–Trinajstić information content (AvgIpc) is 2.61. The van der Waals surface area contributed by atoms with Gasteiger partial charge < -0.3 is 15.3 Å². The van der Waals surface area contributed by atoms with E-state index in [0.717, 1.165) is 12.8 Å².